The fourth-order valence-electron chi connectivity index (χ4n) is 1.58. The minimum Gasteiger partial charge on any atom is -0.496 e. The third-order valence-corrected chi connectivity index (χ3v) is 2.54. The first-order chi connectivity index (χ1) is 9.61. The van der Waals surface area contributed by atoms with Crippen LogP contribution in [-0.2, 0) is 0 Å². The van der Waals surface area contributed by atoms with Gasteiger partial charge in [-0.3, -0.25) is 20.4 Å². The van der Waals surface area contributed by atoms with Gasteiger partial charge in [0.1, 0.15) is 17.3 Å². The Morgan fingerprint density at radius 2 is 1.95 bits per heavy atom. The first kappa shape index (κ1) is 13.6. The Hall–Kier alpha value is -2.83. The number of methoxy groups -OCH3 is 1. The largest absolute Gasteiger partial charge is 0.496 e. The van der Waals surface area contributed by atoms with Gasteiger partial charge in [0.15, 0.2) is 0 Å². The average Bonchev–Trinajstić information content (AvgIpc) is 2.98. The van der Waals surface area contributed by atoms with Crippen molar-refractivity contribution in [3.8, 4) is 5.75 Å². The van der Waals surface area contributed by atoms with Crippen molar-refractivity contribution >= 4 is 11.8 Å². The monoisotopic (exact) mass is 277 g/mol. The van der Waals surface area contributed by atoms with Crippen LogP contribution in [0.1, 0.15) is 20.8 Å². The second kappa shape index (κ2) is 5.87. The lowest BCUT2D eigenvalue weighted by molar-refractivity contribution is 0.0842. The Morgan fingerprint density at radius 3 is 2.60 bits per heavy atom. The van der Waals surface area contributed by atoms with Crippen LogP contribution in [0.3, 0.4) is 0 Å². The van der Waals surface area contributed by atoms with Crippen molar-refractivity contribution < 1.29 is 18.7 Å². The molecule has 2 aromatic rings. The molecule has 1 heterocycles. The molecule has 0 atom stereocenters. The molecule has 0 aliphatic carbocycles. The molecule has 0 aliphatic heterocycles. The molecule has 6 nitrogen and oxygen atoms in total. The van der Waals surface area contributed by atoms with Gasteiger partial charge in [-0.25, -0.2) is 4.39 Å². The molecule has 0 aliphatic rings. The maximum Gasteiger partial charge on any atom is 0.286 e. The molecule has 0 spiro atoms. The highest BCUT2D eigenvalue weighted by Gasteiger charge is 2.14. The Balaban J connectivity index is 2.05. The number of halogens is 1. The number of amides is 2. The van der Waals surface area contributed by atoms with Gasteiger partial charge in [-0.1, -0.05) is 0 Å². The normalized spacial score (nSPS) is 9.90. The number of H-pyrrole nitrogens is 1. The van der Waals surface area contributed by atoms with E-state index in [9.17, 15) is 14.0 Å². The summed E-state index contributed by atoms with van der Waals surface area (Å²) in [5.41, 5.74) is 4.66. The zero-order valence-electron chi connectivity index (χ0n) is 10.6. The van der Waals surface area contributed by atoms with Gasteiger partial charge in [0, 0.05) is 6.20 Å². The number of ether oxygens (including phenoxy) is 1. The van der Waals surface area contributed by atoms with E-state index in [-0.39, 0.29) is 17.0 Å². The van der Waals surface area contributed by atoms with Crippen LogP contribution in [0.15, 0.2) is 36.5 Å². The Morgan fingerprint density at radius 1 is 1.20 bits per heavy atom. The summed E-state index contributed by atoms with van der Waals surface area (Å²) in [7, 11) is 1.36. The summed E-state index contributed by atoms with van der Waals surface area (Å²) >= 11 is 0. The average molecular weight is 277 g/mol. The molecule has 0 bridgehead atoms. The van der Waals surface area contributed by atoms with E-state index in [1.54, 1.807) is 18.3 Å². The lowest BCUT2D eigenvalue weighted by atomic mass is 10.2. The molecule has 0 saturated carbocycles. The van der Waals surface area contributed by atoms with Gasteiger partial charge in [0.05, 0.1) is 12.7 Å². The number of carbonyl (C=O) groups is 2. The molecule has 1 aromatic carbocycles. The predicted molar refractivity (Wildman–Crippen MR) is 68.7 cm³/mol. The Kier molecular flexibility index (Phi) is 3.99. The maximum absolute atomic E-state index is 13.1. The summed E-state index contributed by atoms with van der Waals surface area (Å²) < 4.78 is 18.1. The zero-order valence-corrected chi connectivity index (χ0v) is 10.6. The van der Waals surface area contributed by atoms with E-state index < -0.39 is 17.6 Å². The van der Waals surface area contributed by atoms with Crippen molar-refractivity contribution in [2.45, 2.75) is 0 Å². The van der Waals surface area contributed by atoms with E-state index in [0.29, 0.717) is 0 Å². The summed E-state index contributed by atoms with van der Waals surface area (Å²) in [6.07, 6.45) is 1.58. The number of hydrazine groups is 1. The molecule has 2 rings (SSSR count). The van der Waals surface area contributed by atoms with Gasteiger partial charge in [0.25, 0.3) is 11.8 Å². The van der Waals surface area contributed by atoms with Crippen molar-refractivity contribution in [2.24, 2.45) is 0 Å². The SMILES string of the molecule is COc1ccc(F)cc1C(=O)NNC(=O)c1ccc[nH]1. The molecule has 0 fully saturated rings. The Bertz CT molecular complexity index is 626. The van der Waals surface area contributed by atoms with Gasteiger partial charge >= 0.3 is 0 Å². The number of hydrogen-bond donors (Lipinski definition) is 3. The van der Waals surface area contributed by atoms with Crippen LogP contribution < -0.4 is 15.6 Å². The minimum absolute atomic E-state index is 0.0146. The number of aromatic amines is 1. The van der Waals surface area contributed by atoms with Crippen molar-refractivity contribution in [3.63, 3.8) is 0 Å². The van der Waals surface area contributed by atoms with E-state index in [1.165, 1.54) is 19.2 Å². The molecule has 0 radical (unpaired) electrons. The van der Waals surface area contributed by atoms with Crippen LogP contribution in [0, 0.1) is 5.82 Å². The standard InChI is InChI=1S/C13H12FN3O3/c1-20-11-5-4-8(14)7-9(11)12(18)16-17-13(19)10-3-2-6-15-10/h2-7,15H,1H3,(H,16,18)(H,17,19). The summed E-state index contributed by atoms with van der Waals surface area (Å²) in [6.45, 7) is 0. The fourth-order valence-corrected chi connectivity index (χ4v) is 1.58. The zero-order chi connectivity index (χ0) is 14.5. The van der Waals surface area contributed by atoms with Crippen LogP contribution in [0.25, 0.3) is 0 Å². The summed E-state index contributed by atoms with van der Waals surface area (Å²) in [6, 6.07) is 6.72. The lowest BCUT2D eigenvalue weighted by Gasteiger charge is -2.10. The lowest BCUT2D eigenvalue weighted by Crippen LogP contribution is -2.41. The second-order valence-electron chi connectivity index (χ2n) is 3.84. The van der Waals surface area contributed by atoms with Crippen molar-refractivity contribution in [1.82, 2.24) is 15.8 Å². The van der Waals surface area contributed by atoms with E-state index in [4.69, 9.17) is 4.74 Å². The first-order valence-corrected chi connectivity index (χ1v) is 5.69. The van der Waals surface area contributed by atoms with Crippen molar-refractivity contribution in [2.75, 3.05) is 7.11 Å². The highest BCUT2D eigenvalue weighted by molar-refractivity contribution is 5.99. The number of benzene rings is 1. The van der Waals surface area contributed by atoms with Gasteiger partial charge in [0.2, 0.25) is 0 Å². The predicted octanol–water partition coefficient (Wildman–Crippen LogP) is 1.24. The maximum atomic E-state index is 13.1. The minimum atomic E-state index is -0.679. The van der Waals surface area contributed by atoms with E-state index >= 15 is 0 Å². The van der Waals surface area contributed by atoms with Crippen LogP contribution >= 0.6 is 0 Å². The number of hydrogen-bond acceptors (Lipinski definition) is 3. The number of rotatable bonds is 3. The molecule has 3 N–H and O–H groups in total. The topological polar surface area (TPSA) is 83.2 Å². The molecule has 0 saturated heterocycles. The van der Waals surface area contributed by atoms with Gasteiger partial charge in [-0.2, -0.15) is 0 Å². The quantitative estimate of drug-likeness (QED) is 0.738. The number of nitrogens with one attached hydrogen (secondary N) is 3. The first-order valence-electron chi connectivity index (χ1n) is 5.69. The Labute approximate surface area is 113 Å². The van der Waals surface area contributed by atoms with Crippen LogP contribution in [-0.4, -0.2) is 23.9 Å². The number of aromatic nitrogens is 1. The molecular weight excluding hydrogens is 265 g/mol. The molecule has 1 aromatic heterocycles. The van der Waals surface area contributed by atoms with Crippen LogP contribution in [0.5, 0.6) is 5.75 Å². The second-order valence-corrected chi connectivity index (χ2v) is 3.84. The van der Waals surface area contributed by atoms with Crippen molar-refractivity contribution in [3.05, 3.63) is 53.6 Å². The van der Waals surface area contributed by atoms with Gasteiger partial charge < -0.3 is 9.72 Å². The van der Waals surface area contributed by atoms with Crippen LogP contribution in [0.4, 0.5) is 4.39 Å². The molecule has 104 valence electrons. The third-order valence-electron chi connectivity index (χ3n) is 2.54. The van der Waals surface area contributed by atoms with Gasteiger partial charge in [-0.05, 0) is 30.3 Å². The van der Waals surface area contributed by atoms with E-state index in [1.807, 2.05) is 0 Å². The fraction of sp³-hybridized carbons (Fsp3) is 0.0769. The molecule has 2 amide bonds. The summed E-state index contributed by atoms with van der Waals surface area (Å²) in [5.74, 6) is -1.57. The van der Waals surface area contributed by atoms with Gasteiger partial charge in [-0.15, -0.1) is 0 Å². The molecular formula is C13H12FN3O3. The van der Waals surface area contributed by atoms with Crippen molar-refractivity contribution in [1.29, 1.82) is 0 Å². The highest BCUT2D eigenvalue weighted by atomic mass is 19.1. The van der Waals surface area contributed by atoms with Crippen LogP contribution in [0.2, 0.25) is 0 Å². The summed E-state index contributed by atoms with van der Waals surface area (Å²) in [4.78, 5) is 26.2. The molecule has 7 heteroatoms. The highest BCUT2D eigenvalue weighted by Crippen LogP contribution is 2.18. The molecule has 20 heavy (non-hydrogen) atoms. The molecule has 0 unspecified atom stereocenters. The smallest absolute Gasteiger partial charge is 0.286 e. The third kappa shape index (κ3) is 2.94. The summed E-state index contributed by atoms with van der Waals surface area (Å²) in [5, 5.41) is 0. The number of carbonyl (C=O) groups excluding carboxylic acids is 2. The van der Waals surface area contributed by atoms with E-state index in [2.05, 4.69) is 15.8 Å². The van der Waals surface area contributed by atoms with E-state index in [0.717, 1.165) is 6.07 Å².